The molecule has 2 unspecified atom stereocenters. The zero-order valence-electron chi connectivity index (χ0n) is 26.6. The van der Waals surface area contributed by atoms with Gasteiger partial charge in [0.05, 0.1) is 31.4 Å². The maximum atomic E-state index is 17.1. The second-order valence-corrected chi connectivity index (χ2v) is 14.6. The number of morpholine rings is 1. The fourth-order valence-electron chi connectivity index (χ4n) is 8.95. The summed E-state index contributed by atoms with van der Waals surface area (Å²) in [7, 11) is 0. The van der Waals surface area contributed by atoms with Gasteiger partial charge in [-0.25, -0.2) is 13.8 Å². The number of piperazine rings is 1. The van der Waals surface area contributed by atoms with Gasteiger partial charge in [0.1, 0.15) is 34.8 Å². The van der Waals surface area contributed by atoms with Crippen LogP contribution >= 0.6 is 0 Å². The van der Waals surface area contributed by atoms with Gasteiger partial charge in [-0.1, -0.05) is 30.2 Å². The molecule has 2 aromatic heterocycles. The van der Waals surface area contributed by atoms with Crippen molar-refractivity contribution in [3.05, 3.63) is 47.5 Å². The van der Waals surface area contributed by atoms with Crippen LogP contribution in [-0.2, 0) is 4.74 Å². The SMILES string of the molecule is C#Cc1c(F)ccc2cccc(-c3nc4c5c(nc(OCC6(CN7C8CCC7COC8)CC6)nc5c3F)N3C[C@@H]5CC[C@@H](N5)[C@H]3CO4)c12. The Morgan fingerprint density at radius 3 is 2.67 bits per heavy atom. The number of anilines is 1. The topological polar surface area (TPSA) is 84.9 Å². The van der Waals surface area contributed by atoms with Crippen LogP contribution in [0.4, 0.5) is 14.6 Å². The lowest BCUT2D eigenvalue weighted by molar-refractivity contribution is -0.0271. The number of aromatic nitrogens is 3. The van der Waals surface area contributed by atoms with Crippen LogP contribution in [0.3, 0.4) is 0 Å². The molecule has 4 bridgehead atoms. The van der Waals surface area contributed by atoms with Crippen molar-refractivity contribution in [2.45, 2.75) is 68.7 Å². The monoisotopic (exact) mass is 650 g/mol. The molecular weight excluding hydrogens is 614 g/mol. The maximum absolute atomic E-state index is 17.1. The predicted octanol–water partition coefficient (Wildman–Crippen LogP) is 4.83. The first-order valence-electron chi connectivity index (χ1n) is 17.2. The number of nitrogens with zero attached hydrogens (tertiary/aromatic N) is 5. The van der Waals surface area contributed by atoms with Gasteiger partial charge in [-0.3, -0.25) is 4.90 Å². The van der Waals surface area contributed by atoms with E-state index < -0.39 is 11.6 Å². The molecule has 1 saturated carbocycles. The minimum absolute atomic E-state index is 0.00164. The van der Waals surface area contributed by atoms with Crippen molar-refractivity contribution in [3.63, 3.8) is 0 Å². The number of rotatable bonds is 6. The fraction of sp³-hybridized carbons (Fsp3) is 0.486. The van der Waals surface area contributed by atoms with E-state index in [0.717, 1.165) is 52.0 Å². The molecule has 4 aromatic rings. The number of hydrogen-bond donors (Lipinski definition) is 1. The standard InChI is InChI=1S/C37H36F2N6O3/c1-2-24-26(38)10-6-20-4-3-5-25(29(20)24)32-31(39)33-30-34(44-14-21-7-11-27(40-21)28(44)17-47-35(30)41-32)43-36(42-33)48-19-37(12-13-37)18-45-22-8-9-23(45)16-46-15-22/h1,3-6,10,21-23,27-28,40H,7-9,11-19H2/t21-,22?,23?,27+,28+/m0/s1. The second-order valence-electron chi connectivity index (χ2n) is 14.6. The van der Waals surface area contributed by atoms with E-state index in [-0.39, 0.29) is 46.2 Å². The van der Waals surface area contributed by atoms with Crippen LogP contribution in [0, 0.1) is 29.4 Å². The molecule has 4 saturated heterocycles. The summed E-state index contributed by atoms with van der Waals surface area (Å²) in [4.78, 5) is 19.4. The van der Waals surface area contributed by atoms with E-state index >= 15 is 4.39 Å². The lowest BCUT2D eigenvalue weighted by Crippen LogP contribution is -2.60. The Kier molecular flexibility index (Phi) is 6.43. The molecule has 7 heterocycles. The molecule has 10 rings (SSSR count). The molecule has 5 atom stereocenters. The molecule has 0 radical (unpaired) electrons. The van der Waals surface area contributed by atoms with Gasteiger partial charge in [-0.2, -0.15) is 9.97 Å². The lowest BCUT2D eigenvalue weighted by atomic mass is 9.96. The highest BCUT2D eigenvalue weighted by atomic mass is 19.1. The van der Waals surface area contributed by atoms with Crippen LogP contribution in [0.25, 0.3) is 32.9 Å². The Bertz CT molecular complexity index is 2010. The Balaban J connectivity index is 1.09. The number of fused-ring (bicyclic) bond motifs is 8. The summed E-state index contributed by atoms with van der Waals surface area (Å²) < 4.78 is 50.7. The van der Waals surface area contributed by atoms with Crippen LogP contribution in [0.5, 0.6) is 11.9 Å². The molecule has 48 heavy (non-hydrogen) atoms. The van der Waals surface area contributed by atoms with Gasteiger partial charge < -0.3 is 24.4 Å². The van der Waals surface area contributed by atoms with Crippen LogP contribution in [0.15, 0.2) is 30.3 Å². The molecule has 246 valence electrons. The van der Waals surface area contributed by atoms with E-state index in [2.05, 4.69) is 21.0 Å². The highest BCUT2D eigenvalue weighted by molar-refractivity contribution is 6.03. The third kappa shape index (κ3) is 4.42. The zero-order valence-corrected chi connectivity index (χ0v) is 26.6. The number of terminal acetylenes is 1. The van der Waals surface area contributed by atoms with Crippen molar-refractivity contribution in [3.8, 4) is 35.5 Å². The van der Waals surface area contributed by atoms with Crippen molar-refractivity contribution in [1.29, 1.82) is 0 Å². The quantitative estimate of drug-likeness (QED) is 0.295. The van der Waals surface area contributed by atoms with Crippen molar-refractivity contribution in [2.75, 3.05) is 44.4 Å². The van der Waals surface area contributed by atoms with Crippen molar-refractivity contribution in [2.24, 2.45) is 5.41 Å². The van der Waals surface area contributed by atoms with Crippen LogP contribution in [0.1, 0.15) is 44.1 Å². The molecule has 1 N–H and O–H groups in total. The van der Waals surface area contributed by atoms with Crippen molar-refractivity contribution < 1.29 is 23.0 Å². The molecule has 0 amide bonds. The number of halogens is 2. The summed E-state index contributed by atoms with van der Waals surface area (Å²) in [5.74, 6) is 2.12. The van der Waals surface area contributed by atoms with E-state index in [1.807, 2.05) is 6.07 Å². The van der Waals surface area contributed by atoms with E-state index in [4.69, 9.17) is 35.6 Å². The fourth-order valence-corrected chi connectivity index (χ4v) is 8.95. The summed E-state index contributed by atoms with van der Waals surface area (Å²) in [5, 5.41) is 5.26. The number of ether oxygens (including phenoxy) is 3. The summed E-state index contributed by atoms with van der Waals surface area (Å²) in [6.45, 7) is 4.09. The van der Waals surface area contributed by atoms with Crippen LogP contribution in [-0.4, -0.2) is 89.6 Å². The van der Waals surface area contributed by atoms with Gasteiger partial charge in [-0.15, -0.1) is 6.42 Å². The normalized spacial score (nSPS) is 28.2. The van der Waals surface area contributed by atoms with Gasteiger partial charge in [0.2, 0.25) is 5.88 Å². The van der Waals surface area contributed by atoms with Gasteiger partial charge in [-0.05, 0) is 50.0 Å². The molecule has 11 heteroatoms. The average Bonchev–Trinajstić information content (AvgIpc) is 3.75. The summed E-state index contributed by atoms with van der Waals surface area (Å²) >= 11 is 0. The highest BCUT2D eigenvalue weighted by Gasteiger charge is 2.50. The summed E-state index contributed by atoms with van der Waals surface area (Å²) in [5.41, 5.74) is 0.541. The molecule has 0 spiro atoms. The smallest absolute Gasteiger partial charge is 0.319 e. The number of nitrogens with one attached hydrogen (secondary N) is 1. The van der Waals surface area contributed by atoms with E-state index in [1.165, 1.54) is 18.9 Å². The Morgan fingerprint density at radius 1 is 1.00 bits per heavy atom. The van der Waals surface area contributed by atoms with Gasteiger partial charge in [0.15, 0.2) is 5.82 Å². The Labute approximate surface area is 277 Å². The molecule has 5 aliphatic heterocycles. The van der Waals surface area contributed by atoms with Crippen LogP contribution in [0.2, 0.25) is 0 Å². The second kappa shape index (κ2) is 10.7. The average molecular weight is 651 g/mol. The molecule has 1 aliphatic carbocycles. The maximum Gasteiger partial charge on any atom is 0.319 e. The van der Waals surface area contributed by atoms with E-state index in [9.17, 15) is 4.39 Å². The first-order chi connectivity index (χ1) is 23.5. The molecular formula is C37H36F2N6O3. The third-order valence-corrected chi connectivity index (χ3v) is 11.7. The van der Waals surface area contributed by atoms with Crippen molar-refractivity contribution >= 4 is 27.5 Å². The lowest BCUT2D eigenvalue weighted by Gasteiger charge is -2.40. The largest absolute Gasteiger partial charge is 0.475 e. The van der Waals surface area contributed by atoms with Gasteiger partial charge >= 0.3 is 6.01 Å². The minimum atomic E-state index is -0.645. The summed E-state index contributed by atoms with van der Waals surface area (Å²) in [6, 6.07) is 9.92. The van der Waals surface area contributed by atoms with E-state index in [0.29, 0.717) is 58.9 Å². The highest BCUT2D eigenvalue weighted by Crippen LogP contribution is 2.49. The first-order valence-corrected chi connectivity index (χ1v) is 17.2. The summed E-state index contributed by atoms with van der Waals surface area (Å²) in [6.07, 6.45) is 12.4. The number of benzene rings is 2. The molecule has 6 aliphatic rings. The molecule has 5 fully saturated rings. The van der Waals surface area contributed by atoms with Crippen LogP contribution < -0.4 is 19.7 Å². The van der Waals surface area contributed by atoms with E-state index in [1.54, 1.807) is 18.2 Å². The number of hydrogen-bond acceptors (Lipinski definition) is 9. The Hall–Kier alpha value is -4.11. The molecule has 2 aromatic carbocycles. The minimum Gasteiger partial charge on any atom is -0.475 e. The third-order valence-electron chi connectivity index (χ3n) is 11.7. The van der Waals surface area contributed by atoms with Gasteiger partial charge in [0, 0.05) is 53.6 Å². The first kappa shape index (κ1) is 28.9. The molecule has 9 nitrogen and oxygen atoms in total. The predicted molar refractivity (Wildman–Crippen MR) is 176 cm³/mol. The zero-order chi connectivity index (χ0) is 32.1. The van der Waals surface area contributed by atoms with Crippen molar-refractivity contribution in [1.82, 2.24) is 25.2 Å². The Morgan fingerprint density at radius 2 is 1.85 bits per heavy atom. The number of pyridine rings is 1. The van der Waals surface area contributed by atoms with Gasteiger partial charge in [0.25, 0.3) is 0 Å².